The smallest absolute Gasteiger partial charge is 0.139 e. The van der Waals surface area contributed by atoms with Gasteiger partial charge < -0.3 is 4.74 Å². The van der Waals surface area contributed by atoms with Gasteiger partial charge in [-0.15, -0.1) is 0 Å². The van der Waals surface area contributed by atoms with E-state index in [1.54, 1.807) is 0 Å². The van der Waals surface area contributed by atoms with Crippen LogP contribution in [0, 0.1) is 5.41 Å². The summed E-state index contributed by atoms with van der Waals surface area (Å²) in [6.07, 6.45) is 15.2. The fourth-order valence-electron chi connectivity index (χ4n) is 9.18. The first-order valence-corrected chi connectivity index (χ1v) is 18.3. The maximum absolute atomic E-state index is 6.84. The molecule has 1 spiro atoms. The summed E-state index contributed by atoms with van der Waals surface area (Å²) in [5, 5.41) is 0. The molecule has 2 atom stereocenters. The van der Waals surface area contributed by atoms with E-state index in [4.69, 9.17) is 14.7 Å². The zero-order chi connectivity index (χ0) is 34.9. The molecule has 250 valence electrons. The minimum absolute atomic E-state index is 0.303. The van der Waals surface area contributed by atoms with Crippen LogP contribution in [0.3, 0.4) is 0 Å². The largest absolute Gasteiger partial charge is 0.461 e. The average molecular weight is 671 g/mol. The average Bonchev–Trinajstić information content (AvgIpc) is 3.51. The molecule has 3 aliphatic carbocycles. The summed E-state index contributed by atoms with van der Waals surface area (Å²) in [6.45, 7) is 4.65. The molecule has 0 radical (unpaired) electrons. The van der Waals surface area contributed by atoms with Crippen molar-refractivity contribution in [2.75, 3.05) is 0 Å². The topological polar surface area (TPSA) is 35.0 Å². The van der Waals surface area contributed by atoms with Gasteiger partial charge in [-0.3, -0.25) is 0 Å². The van der Waals surface area contributed by atoms with Crippen LogP contribution in [0.2, 0.25) is 0 Å². The lowest BCUT2D eigenvalue weighted by Gasteiger charge is -2.53. The number of hydrogen-bond acceptors (Lipinski definition) is 3. The maximum atomic E-state index is 6.84. The Bertz CT molecular complexity index is 2420. The molecule has 0 saturated carbocycles. The van der Waals surface area contributed by atoms with Crippen molar-refractivity contribution in [3.63, 3.8) is 0 Å². The van der Waals surface area contributed by atoms with Crippen molar-refractivity contribution in [2.24, 2.45) is 5.41 Å². The second kappa shape index (κ2) is 11.5. The molecule has 3 heteroatoms. The molecule has 52 heavy (non-hydrogen) atoms. The number of fused-ring (bicyclic) bond motifs is 9. The molecule has 0 fully saturated rings. The van der Waals surface area contributed by atoms with E-state index in [1.807, 2.05) is 12.1 Å². The van der Waals surface area contributed by atoms with Crippen molar-refractivity contribution in [2.45, 2.75) is 37.5 Å². The first-order valence-electron chi connectivity index (χ1n) is 18.3. The second-order valence-electron chi connectivity index (χ2n) is 15.0. The van der Waals surface area contributed by atoms with Gasteiger partial charge in [-0.05, 0) is 77.4 Å². The predicted molar refractivity (Wildman–Crippen MR) is 211 cm³/mol. The Morgan fingerprint density at radius 3 is 1.83 bits per heavy atom. The van der Waals surface area contributed by atoms with Gasteiger partial charge in [-0.25, -0.2) is 9.97 Å². The molecule has 3 nitrogen and oxygen atoms in total. The lowest BCUT2D eigenvalue weighted by molar-refractivity contribution is 0.153. The van der Waals surface area contributed by atoms with Gasteiger partial charge in [0.05, 0.1) is 16.8 Å². The van der Waals surface area contributed by atoms with E-state index < -0.39 is 5.41 Å². The molecule has 2 heterocycles. The summed E-state index contributed by atoms with van der Waals surface area (Å²) >= 11 is 0. The fourth-order valence-corrected chi connectivity index (χ4v) is 9.18. The highest BCUT2D eigenvalue weighted by Gasteiger charge is 2.62. The highest BCUT2D eigenvalue weighted by molar-refractivity contribution is 5.87. The number of hydrogen-bond donors (Lipinski definition) is 0. The number of rotatable bonds is 4. The summed E-state index contributed by atoms with van der Waals surface area (Å²) in [5.74, 6) is 2.79. The van der Waals surface area contributed by atoms with Crippen LogP contribution in [0.4, 0.5) is 0 Å². The van der Waals surface area contributed by atoms with Gasteiger partial charge in [0.15, 0.2) is 0 Å². The van der Waals surface area contributed by atoms with Crippen molar-refractivity contribution in [1.29, 1.82) is 0 Å². The van der Waals surface area contributed by atoms with Gasteiger partial charge in [-0.1, -0.05) is 153 Å². The maximum Gasteiger partial charge on any atom is 0.139 e. The Balaban J connectivity index is 1.08. The number of benzene rings is 5. The van der Waals surface area contributed by atoms with E-state index in [1.165, 1.54) is 39.0 Å². The Morgan fingerprint density at radius 1 is 0.596 bits per heavy atom. The molecular formula is C49H38N2O. The monoisotopic (exact) mass is 670 g/mol. The van der Waals surface area contributed by atoms with Gasteiger partial charge in [0.25, 0.3) is 0 Å². The number of ether oxygens (including phenoxy) is 1. The van der Waals surface area contributed by atoms with Crippen molar-refractivity contribution in [3.8, 4) is 39.4 Å². The van der Waals surface area contributed by atoms with Crippen LogP contribution in [0.1, 0.15) is 54.8 Å². The molecular weight excluding hydrogens is 633 g/mol. The Hall–Kier alpha value is -6.06. The van der Waals surface area contributed by atoms with Crippen LogP contribution >= 0.6 is 0 Å². The quantitative estimate of drug-likeness (QED) is 0.187. The molecule has 10 rings (SSSR count). The third-order valence-electron chi connectivity index (χ3n) is 11.9. The van der Waals surface area contributed by atoms with Crippen LogP contribution in [-0.4, -0.2) is 9.97 Å². The van der Waals surface area contributed by atoms with Gasteiger partial charge in [-0.2, -0.15) is 0 Å². The SMILES string of the molecule is CC1(c2nc(-c3ccccc3)cc(-c3ccccc3)n2)C=CC(c2ccc3c(c2)C2(c4ccccc4-c4ccccc42)C2(C)CC=CC=C2O3)=CC1. The Labute approximate surface area is 305 Å². The third kappa shape index (κ3) is 4.38. The number of aromatic nitrogens is 2. The van der Waals surface area contributed by atoms with Crippen LogP contribution in [0.25, 0.3) is 39.2 Å². The summed E-state index contributed by atoms with van der Waals surface area (Å²) in [6, 6.07) is 47.8. The second-order valence-corrected chi connectivity index (χ2v) is 15.0. The van der Waals surface area contributed by atoms with Gasteiger partial charge in [0, 0.05) is 27.5 Å². The van der Waals surface area contributed by atoms with E-state index in [0.29, 0.717) is 0 Å². The van der Waals surface area contributed by atoms with Crippen molar-refractivity contribution >= 4 is 5.57 Å². The minimum atomic E-state index is -0.409. The van der Waals surface area contributed by atoms with Gasteiger partial charge >= 0.3 is 0 Å². The summed E-state index contributed by atoms with van der Waals surface area (Å²) in [7, 11) is 0. The lowest BCUT2D eigenvalue weighted by Crippen LogP contribution is -2.50. The van der Waals surface area contributed by atoms with Gasteiger partial charge in [0.2, 0.25) is 0 Å². The number of nitrogens with zero attached hydrogens (tertiary/aromatic N) is 2. The van der Waals surface area contributed by atoms with Crippen LogP contribution < -0.4 is 4.74 Å². The molecule has 5 aromatic carbocycles. The molecule has 0 N–H and O–H groups in total. The first kappa shape index (κ1) is 30.7. The summed E-state index contributed by atoms with van der Waals surface area (Å²) < 4.78 is 6.84. The highest BCUT2D eigenvalue weighted by atomic mass is 16.5. The van der Waals surface area contributed by atoms with Crippen LogP contribution in [0.5, 0.6) is 5.75 Å². The van der Waals surface area contributed by atoms with Gasteiger partial charge in [0.1, 0.15) is 17.3 Å². The Kier molecular flexibility index (Phi) is 6.79. The van der Waals surface area contributed by atoms with E-state index in [2.05, 4.69) is 172 Å². The van der Waals surface area contributed by atoms with Crippen LogP contribution in [0.15, 0.2) is 176 Å². The number of allylic oxidation sites excluding steroid dienone is 8. The highest BCUT2D eigenvalue weighted by Crippen LogP contribution is 2.68. The van der Waals surface area contributed by atoms with Crippen molar-refractivity contribution in [3.05, 3.63) is 204 Å². The Morgan fingerprint density at radius 2 is 1.21 bits per heavy atom. The standard InChI is InChI=1S/C49H38N2O/c1-47(46-50-42(34-15-5-3-6-16-34)32-43(51-46)35-17-7-4-8-18-35)29-26-33(27-30-47)36-24-25-44-41(31-36)49(48(2)28-14-13-23-45(48)52-44)39-21-11-9-19-37(39)38-20-10-12-22-40(38)49/h3-27,29,31-32H,28,30H2,1-2H3. The van der Waals surface area contributed by atoms with E-state index in [0.717, 1.165) is 52.7 Å². The van der Waals surface area contributed by atoms with E-state index in [9.17, 15) is 0 Å². The molecule has 6 aromatic rings. The molecule has 2 unspecified atom stereocenters. The van der Waals surface area contributed by atoms with Crippen molar-refractivity contribution < 1.29 is 4.74 Å². The first-order chi connectivity index (χ1) is 25.5. The van der Waals surface area contributed by atoms with E-state index in [-0.39, 0.29) is 10.8 Å². The molecule has 1 aromatic heterocycles. The summed E-state index contributed by atoms with van der Waals surface area (Å²) in [4.78, 5) is 10.4. The third-order valence-corrected chi connectivity index (χ3v) is 11.9. The van der Waals surface area contributed by atoms with Crippen LogP contribution in [-0.2, 0) is 10.8 Å². The molecule has 0 bridgehead atoms. The molecule has 0 amide bonds. The minimum Gasteiger partial charge on any atom is -0.461 e. The predicted octanol–water partition coefficient (Wildman–Crippen LogP) is 11.7. The summed E-state index contributed by atoms with van der Waals surface area (Å²) in [5.41, 5.74) is 11.9. The van der Waals surface area contributed by atoms with Crippen molar-refractivity contribution in [1.82, 2.24) is 9.97 Å². The zero-order valence-corrected chi connectivity index (χ0v) is 29.4. The zero-order valence-electron chi connectivity index (χ0n) is 29.4. The fraction of sp³-hybridized carbons (Fsp3) is 0.143. The molecule has 4 aliphatic rings. The normalized spacial score (nSPS) is 21.7. The lowest BCUT2D eigenvalue weighted by atomic mass is 9.52. The molecule has 0 saturated heterocycles. The molecule has 1 aliphatic heterocycles. The van der Waals surface area contributed by atoms with E-state index >= 15 is 0 Å².